The molecule has 3 heterocycles. The van der Waals surface area contributed by atoms with E-state index in [1.807, 2.05) is 18.2 Å². The second-order valence-electron chi connectivity index (χ2n) is 8.14. The molecule has 1 fully saturated rings. The second-order valence-corrected chi connectivity index (χ2v) is 8.54. The Labute approximate surface area is 209 Å². The summed E-state index contributed by atoms with van der Waals surface area (Å²) in [6.45, 7) is 3.54. The topological polar surface area (TPSA) is 107 Å². The van der Waals surface area contributed by atoms with Crippen LogP contribution in [0.2, 0.25) is 5.02 Å². The Bertz CT molecular complexity index is 1470. The summed E-state index contributed by atoms with van der Waals surface area (Å²) >= 11 is 6.04. The van der Waals surface area contributed by atoms with Gasteiger partial charge in [0.2, 0.25) is 0 Å². The van der Waals surface area contributed by atoms with E-state index in [1.165, 1.54) is 12.3 Å². The normalized spacial score (nSPS) is 13.6. The molecule has 4 aromatic rings. The van der Waals surface area contributed by atoms with Gasteiger partial charge in [-0.2, -0.15) is 5.10 Å². The van der Waals surface area contributed by atoms with Gasteiger partial charge in [-0.15, -0.1) is 0 Å². The van der Waals surface area contributed by atoms with Crippen molar-refractivity contribution in [2.45, 2.75) is 0 Å². The molecule has 9 nitrogen and oxygen atoms in total. The number of H-pyrrole nitrogens is 1. The summed E-state index contributed by atoms with van der Waals surface area (Å²) in [6.07, 6.45) is 1.45. The fourth-order valence-corrected chi connectivity index (χ4v) is 4.34. The average Bonchev–Trinajstić information content (AvgIpc) is 2.87. The van der Waals surface area contributed by atoms with E-state index in [-0.39, 0.29) is 27.7 Å². The van der Waals surface area contributed by atoms with Crippen LogP contribution in [0.4, 0.5) is 37.5 Å². The molecule has 1 saturated heterocycles. The summed E-state index contributed by atoms with van der Waals surface area (Å²) in [7, 11) is 1.56. The zero-order valence-corrected chi connectivity index (χ0v) is 19.9. The maximum Gasteiger partial charge on any atom is 0.275 e. The quantitative estimate of drug-likeness (QED) is 0.304. The summed E-state index contributed by atoms with van der Waals surface area (Å²) in [4.78, 5) is 19.4. The van der Waals surface area contributed by atoms with Crippen molar-refractivity contribution in [3.63, 3.8) is 0 Å². The number of hydrogen-bond acceptors (Lipinski definition) is 8. The van der Waals surface area contributed by atoms with Crippen molar-refractivity contribution in [3.8, 4) is 5.75 Å². The Hall–Kier alpha value is -3.96. The molecule has 2 aromatic heterocycles. The highest BCUT2D eigenvalue weighted by atomic mass is 35.5. The van der Waals surface area contributed by atoms with Crippen LogP contribution in [0.3, 0.4) is 0 Å². The molecule has 186 valence electrons. The third-order valence-corrected chi connectivity index (χ3v) is 6.13. The lowest BCUT2D eigenvalue weighted by atomic mass is 10.2. The van der Waals surface area contributed by atoms with Crippen LogP contribution in [0.25, 0.3) is 10.8 Å². The van der Waals surface area contributed by atoms with E-state index in [0.29, 0.717) is 22.9 Å². The Morgan fingerprint density at radius 2 is 1.92 bits per heavy atom. The minimum Gasteiger partial charge on any atom is -0.494 e. The minimum atomic E-state index is -0.884. The van der Waals surface area contributed by atoms with Gasteiger partial charge in [0.15, 0.2) is 5.82 Å². The Balaban J connectivity index is 1.55. The van der Waals surface area contributed by atoms with Crippen molar-refractivity contribution in [2.75, 3.05) is 48.8 Å². The summed E-state index contributed by atoms with van der Waals surface area (Å²) in [5.41, 5.74) is 0.975. The van der Waals surface area contributed by atoms with Crippen LogP contribution in [0.1, 0.15) is 0 Å². The standard InChI is InChI=1S/C24H22ClF2N7O2/c1-36-19-11-15(34-6-4-28-5-7-34)2-3-18(19)30-23-21-13(12-29-33-24(21)35)8-20(32-23)31-22-16(25)9-14(26)10-17(22)27/h2-3,8-12,28H,4-7H2,1H3,(H,33,35)(H2,30,31,32). The lowest BCUT2D eigenvalue weighted by Gasteiger charge is -2.30. The van der Waals surface area contributed by atoms with E-state index in [4.69, 9.17) is 16.3 Å². The second kappa shape index (κ2) is 9.96. The number of rotatable bonds is 6. The molecule has 2 aromatic carbocycles. The number of halogens is 3. The van der Waals surface area contributed by atoms with Gasteiger partial charge < -0.3 is 25.6 Å². The summed E-state index contributed by atoms with van der Waals surface area (Å²) < 4.78 is 33.5. The van der Waals surface area contributed by atoms with Crippen molar-refractivity contribution < 1.29 is 13.5 Å². The van der Waals surface area contributed by atoms with Crippen molar-refractivity contribution in [1.82, 2.24) is 20.5 Å². The molecule has 0 unspecified atom stereocenters. The highest BCUT2D eigenvalue weighted by Crippen LogP contribution is 2.35. The van der Waals surface area contributed by atoms with Crippen LogP contribution >= 0.6 is 11.6 Å². The van der Waals surface area contributed by atoms with Crippen LogP contribution in [0.15, 0.2) is 47.4 Å². The first kappa shape index (κ1) is 23.8. The van der Waals surface area contributed by atoms with E-state index < -0.39 is 17.2 Å². The zero-order chi connectivity index (χ0) is 25.2. The van der Waals surface area contributed by atoms with Gasteiger partial charge in [0, 0.05) is 49.4 Å². The maximum atomic E-state index is 14.4. The molecule has 4 N–H and O–H groups in total. The molecule has 1 aliphatic heterocycles. The van der Waals surface area contributed by atoms with Gasteiger partial charge in [-0.25, -0.2) is 18.9 Å². The van der Waals surface area contributed by atoms with E-state index in [9.17, 15) is 13.6 Å². The first-order chi connectivity index (χ1) is 17.4. The highest BCUT2D eigenvalue weighted by Gasteiger charge is 2.17. The molecular formula is C24H22ClF2N7O2. The predicted octanol–water partition coefficient (Wildman–Crippen LogP) is 4.16. The van der Waals surface area contributed by atoms with E-state index in [2.05, 4.69) is 36.0 Å². The number of fused-ring (bicyclic) bond motifs is 1. The van der Waals surface area contributed by atoms with Crippen molar-refractivity contribution in [1.29, 1.82) is 0 Å². The monoisotopic (exact) mass is 513 g/mol. The molecule has 1 aliphatic rings. The number of pyridine rings is 1. The van der Waals surface area contributed by atoms with Crippen molar-refractivity contribution in [3.05, 3.63) is 69.6 Å². The molecule has 12 heteroatoms. The number of hydrogen-bond donors (Lipinski definition) is 4. The molecular weight excluding hydrogens is 492 g/mol. The van der Waals surface area contributed by atoms with Crippen LogP contribution in [-0.2, 0) is 0 Å². The first-order valence-corrected chi connectivity index (χ1v) is 11.5. The predicted molar refractivity (Wildman–Crippen MR) is 136 cm³/mol. The molecule has 0 bridgehead atoms. The average molecular weight is 514 g/mol. The fraction of sp³-hybridized carbons (Fsp3) is 0.208. The maximum absolute atomic E-state index is 14.4. The third-order valence-electron chi connectivity index (χ3n) is 5.83. The fourth-order valence-electron chi connectivity index (χ4n) is 4.10. The largest absolute Gasteiger partial charge is 0.494 e. The molecule has 5 rings (SSSR count). The van der Waals surface area contributed by atoms with Crippen molar-refractivity contribution >= 4 is 51.1 Å². The van der Waals surface area contributed by atoms with Gasteiger partial charge in [-0.3, -0.25) is 4.79 Å². The molecule has 0 radical (unpaired) electrons. The van der Waals surface area contributed by atoms with Gasteiger partial charge in [-0.05, 0) is 24.3 Å². The van der Waals surface area contributed by atoms with Gasteiger partial charge in [-0.1, -0.05) is 11.6 Å². The number of aromatic amines is 1. The number of piperazine rings is 1. The van der Waals surface area contributed by atoms with Crippen LogP contribution in [0.5, 0.6) is 5.75 Å². The van der Waals surface area contributed by atoms with E-state index >= 15 is 0 Å². The molecule has 0 aliphatic carbocycles. The van der Waals surface area contributed by atoms with Crippen LogP contribution in [0, 0.1) is 11.6 Å². The molecule has 0 amide bonds. The van der Waals surface area contributed by atoms with Gasteiger partial charge >= 0.3 is 0 Å². The lowest BCUT2D eigenvalue weighted by molar-refractivity contribution is 0.416. The number of ether oxygens (including phenoxy) is 1. The molecule has 36 heavy (non-hydrogen) atoms. The molecule has 0 spiro atoms. The molecule has 0 saturated carbocycles. The van der Waals surface area contributed by atoms with E-state index in [1.54, 1.807) is 7.11 Å². The number of methoxy groups -OCH3 is 1. The number of anilines is 5. The Kier molecular flexibility index (Phi) is 6.57. The summed E-state index contributed by atoms with van der Waals surface area (Å²) in [6, 6.07) is 8.94. The minimum absolute atomic E-state index is 0.147. The zero-order valence-electron chi connectivity index (χ0n) is 19.2. The van der Waals surface area contributed by atoms with Crippen LogP contribution in [-0.4, -0.2) is 48.5 Å². The van der Waals surface area contributed by atoms with Gasteiger partial charge in [0.05, 0.1) is 35.1 Å². The SMILES string of the molecule is COc1cc(N2CCNCC2)ccc1Nc1nc(Nc2c(F)cc(F)cc2Cl)cc2cn[nH]c(=O)c12. The van der Waals surface area contributed by atoms with E-state index in [0.717, 1.165) is 37.9 Å². The number of benzene rings is 2. The van der Waals surface area contributed by atoms with Gasteiger partial charge in [0.1, 0.15) is 23.2 Å². The number of nitrogens with one attached hydrogen (secondary N) is 4. The smallest absolute Gasteiger partial charge is 0.275 e. The van der Waals surface area contributed by atoms with Gasteiger partial charge in [0.25, 0.3) is 5.56 Å². The Morgan fingerprint density at radius 3 is 2.67 bits per heavy atom. The van der Waals surface area contributed by atoms with Crippen LogP contribution < -0.4 is 31.1 Å². The molecule has 0 atom stereocenters. The number of aromatic nitrogens is 3. The summed E-state index contributed by atoms with van der Waals surface area (Å²) in [5, 5.41) is 16.0. The summed E-state index contributed by atoms with van der Waals surface area (Å²) in [5.74, 6) is -0.779. The lowest BCUT2D eigenvalue weighted by Crippen LogP contribution is -2.43. The highest BCUT2D eigenvalue weighted by molar-refractivity contribution is 6.33. The first-order valence-electron chi connectivity index (χ1n) is 11.1. The third kappa shape index (κ3) is 4.75. The van der Waals surface area contributed by atoms with Crippen molar-refractivity contribution in [2.24, 2.45) is 0 Å². The Morgan fingerprint density at radius 1 is 1.11 bits per heavy atom. The number of nitrogens with zero attached hydrogens (tertiary/aromatic N) is 3.